The van der Waals surface area contributed by atoms with Crippen LogP contribution in [0.15, 0.2) is 59.5 Å². The summed E-state index contributed by atoms with van der Waals surface area (Å²) in [5.74, 6) is -0.302. The quantitative estimate of drug-likeness (QED) is 0.431. The first kappa shape index (κ1) is 24.0. The Kier molecular flexibility index (Phi) is 6.73. The molecular formula is C27H31FN6O2. The molecule has 188 valence electrons. The minimum atomic E-state index is -0.514. The van der Waals surface area contributed by atoms with Gasteiger partial charge in [0.15, 0.2) is 0 Å². The summed E-state index contributed by atoms with van der Waals surface area (Å²) in [7, 11) is 1.62. The Hall–Kier alpha value is -3.72. The fourth-order valence-electron chi connectivity index (χ4n) is 5.17. The minimum absolute atomic E-state index is 0.107. The van der Waals surface area contributed by atoms with Gasteiger partial charge in [-0.1, -0.05) is 37.3 Å². The van der Waals surface area contributed by atoms with Crippen molar-refractivity contribution in [2.75, 3.05) is 44.2 Å². The molecule has 0 unspecified atom stereocenters. The van der Waals surface area contributed by atoms with E-state index in [1.54, 1.807) is 19.3 Å². The lowest BCUT2D eigenvalue weighted by Gasteiger charge is -2.36. The monoisotopic (exact) mass is 490 g/mol. The molecule has 4 aromatic rings. The van der Waals surface area contributed by atoms with E-state index in [1.165, 1.54) is 10.7 Å². The van der Waals surface area contributed by atoms with Crippen LogP contribution in [0.3, 0.4) is 0 Å². The number of hydrogen-bond donors (Lipinski definition) is 1. The molecule has 1 saturated heterocycles. The Labute approximate surface area is 208 Å². The number of carbonyl (C=O) groups excluding carboxylic acids is 1. The summed E-state index contributed by atoms with van der Waals surface area (Å²) in [6.45, 7) is 6.27. The number of nitrogens with one attached hydrogen (secondary N) is 1. The van der Waals surface area contributed by atoms with Crippen molar-refractivity contribution >= 4 is 33.4 Å². The van der Waals surface area contributed by atoms with Crippen molar-refractivity contribution in [3.05, 3.63) is 70.9 Å². The first-order valence-corrected chi connectivity index (χ1v) is 12.4. The second-order valence-electron chi connectivity index (χ2n) is 9.22. The van der Waals surface area contributed by atoms with E-state index in [4.69, 9.17) is 0 Å². The molecule has 0 saturated carbocycles. The van der Waals surface area contributed by atoms with Crippen LogP contribution in [0, 0.1) is 5.82 Å². The van der Waals surface area contributed by atoms with Crippen LogP contribution in [0.5, 0.6) is 0 Å². The van der Waals surface area contributed by atoms with Gasteiger partial charge in [-0.15, -0.1) is 0 Å². The molecule has 3 heterocycles. The number of anilines is 1. The van der Waals surface area contributed by atoms with E-state index in [9.17, 15) is 14.0 Å². The molecule has 1 aliphatic rings. The highest BCUT2D eigenvalue weighted by atomic mass is 19.1. The van der Waals surface area contributed by atoms with Crippen LogP contribution in [0.25, 0.3) is 21.8 Å². The lowest BCUT2D eigenvalue weighted by atomic mass is 10.2. The highest BCUT2D eigenvalue weighted by molar-refractivity contribution is 6.08. The summed E-state index contributed by atoms with van der Waals surface area (Å²) < 4.78 is 17.3. The molecule has 9 heteroatoms. The number of nitrogens with zero attached hydrogens (tertiary/aromatic N) is 5. The molecular weight excluding hydrogens is 459 g/mol. The zero-order valence-corrected chi connectivity index (χ0v) is 20.7. The molecule has 1 atom stereocenters. The summed E-state index contributed by atoms with van der Waals surface area (Å²) in [6, 6.07) is 14.1. The molecule has 1 fully saturated rings. The fourth-order valence-corrected chi connectivity index (χ4v) is 5.17. The van der Waals surface area contributed by atoms with Crippen LogP contribution in [0.4, 0.5) is 10.1 Å². The first-order chi connectivity index (χ1) is 17.5. The third-order valence-corrected chi connectivity index (χ3v) is 7.10. The van der Waals surface area contributed by atoms with Gasteiger partial charge in [-0.25, -0.2) is 9.07 Å². The third kappa shape index (κ3) is 4.35. The molecule has 1 amide bonds. The molecule has 0 radical (unpaired) electrons. The van der Waals surface area contributed by atoms with Crippen LogP contribution in [0.1, 0.15) is 19.4 Å². The van der Waals surface area contributed by atoms with Gasteiger partial charge in [-0.2, -0.15) is 5.10 Å². The topological polar surface area (TPSA) is 75.4 Å². The van der Waals surface area contributed by atoms with Crippen LogP contribution in [0.2, 0.25) is 0 Å². The molecule has 2 aromatic carbocycles. The number of carbonyl (C=O) groups is 1. The van der Waals surface area contributed by atoms with Gasteiger partial charge in [0, 0.05) is 57.1 Å². The third-order valence-electron chi connectivity index (χ3n) is 7.10. The summed E-state index contributed by atoms with van der Waals surface area (Å²) in [5, 5.41) is 8.95. The van der Waals surface area contributed by atoms with E-state index in [0.29, 0.717) is 30.7 Å². The van der Waals surface area contributed by atoms with Crippen molar-refractivity contribution < 1.29 is 9.18 Å². The number of halogens is 1. The largest absolute Gasteiger partial charge is 0.367 e. The maximum Gasteiger partial charge on any atom is 0.291 e. The van der Waals surface area contributed by atoms with Gasteiger partial charge in [0.1, 0.15) is 17.4 Å². The smallest absolute Gasteiger partial charge is 0.291 e. The summed E-state index contributed by atoms with van der Waals surface area (Å²) in [4.78, 5) is 30.7. The van der Waals surface area contributed by atoms with Gasteiger partial charge >= 0.3 is 0 Å². The molecule has 0 aliphatic carbocycles. The molecule has 0 spiro atoms. The Morgan fingerprint density at radius 1 is 1.06 bits per heavy atom. The van der Waals surface area contributed by atoms with Gasteiger partial charge < -0.3 is 14.8 Å². The molecule has 36 heavy (non-hydrogen) atoms. The maximum absolute atomic E-state index is 14.1. The summed E-state index contributed by atoms with van der Waals surface area (Å²) >= 11 is 0. The minimum Gasteiger partial charge on any atom is -0.367 e. The lowest BCUT2D eigenvalue weighted by molar-refractivity contribution is -0.124. The van der Waals surface area contributed by atoms with Crippen molar-refractivity contribution in [3.63, 3.8) is 0 Å². The SMILES string of the molecule is CC[C@H](C(=O)NCCN1CCN(c2ccccc2F)CC1)n1c2ccccc2c2cnn(C)c(=O)c21. The average molecular weight is 491 g/mol. The lowest BCUT2D eigenvalue weighted by Crippen LogP contribution is -2.49. The standard InChI is InChI=1S/C27H31FN6O2/c1-3-22(34-23-10-6-4-8-19(23)20-18-30-31(2)27(36)25(20)34)26(35)29-12-13-32-14-16-33(17-15-32)24-11-7-5-9-21(24)28/h4-11,18,22H,3,12-17H2,1-2H3,(H,29,35)/t22-/m1/s1. The molecule has 1 aliphatic heterocycles. The average Bonchev–Trinajstić information content (AvgIpc) is 3.22. The van der Waals surface area contributed by atoms with Gasteiger partial charge in [-0.3, -0.25) is 14.5 Å². The van der Waals surface area contributed by atoms with Crippen LogP contribution >= 0.6 is 0 Å². The highest BCUT2D eigenvalue weighted by Gasteiger charge is 2.26. The van der Waals surface area contributed by atoms with Crippen molar-refractivity contribution in [2.24, 2.45) is 7.05 Å². The van der Waals surface area contributed by atoms with E-state index in [0.717, 1.165) is 42.5 Å². The Balaban J connectivity index is 1.27. The van der Waals surface area contributed by atoms with E-state index in [-0.39, 0.29) is 17.3 Å². The van der Waals surface area contributed by atoms with Gasteiger partial charge in [0.05, 0.1) is 17.4 Å². The number of aryl methyl sites for hydroxylation is 1. The predicted molar refractivity (Wildman–Crippen MR) is 140 cm³/mol. The van der Waals surface area contributed by atoms with Gasteiger partial charge in [0.2, 0.25) is 5.91 Å². The van der Waals surface area contributed by atoms with Crippen molar-refractivity contribution in [3.8, 4) is 0 Å². The van der Waals surface area contributed by atoms with E-state index >= 15 is 0 Å². The van der Waals surface area contributed by atoms with Crippen LogP contribution in [-0.4, -0.2) is 64.4 Å². The number of amides is 1. The normalized spacial score (nSPS) is 15.5. The number of aromatic nitrogens is 3. The number of piperazine rings is 1. The number of para-hydroxylation sites is 2. The molecule has 1 N–H and O–H groups in total. The van der Waals surface area contributed by atoms with Gasteiger partial charge in [0.25, 0.3) is 5.56 Å². The van der Waals surface area contributed by atoms with Crippen molar-refractivity contribution in [1.29, 1.82) is 0 Å². The van der Waals surface area contributed by atoms with Crippen molar-refractivity contribution in [2.45, 2.75) is 19.4 Å². The van der Waals surface area contributed by atoms with E-state index in [1.807, 2.05) is 47.9 Å². The first-order valence-electron chi connectivity index (χ1n) is 12.4. The summed E-state index contributed by atoms with van der Waals surface area (Å²) in [5.41, 5.74) is 1.77. The Bertz CT molecular complexity index is 1450. The second-order valence-corrected chi connectivity index (χ2v) is 9.22. The van der Waals surface area contributed by atoms with Crippen LogP contribution < -0.4 is 15.8 Å². The maximum atomic E-state index is 14.1. The van der Waals surface area contributed by atoms with Crippen molar-refractivity contribution in [1.82, 2.24) is 24.6 Å². The highest BCUT2D eigenvalue weighted by Crippen LogP contribution is 2.30. The zero-order chi connectivity index (χ0) is 25.2. The predicted octanol–water partition coefficient (Wildman–Crippen LogP) is 2.92. The second kappa shape index (κ2) is 10.1. The molecule has 5 rings (SSSR count). The summed E-state index contributed by atoms with van der Waals surface area (Å²) in [6.07, 6.45) is 2.24. The zero-order valence-electron chi connectivity index (χ0n) is 20.7. The number of benzene rings is 2. The van der Waals surface area contributed by atoms with Gasteiger partial charge in [-0.05, 0) is 24.6 Å². The Morgan fingerprint density at radius 3 is 2.53 bits per heavy atom. The molecule has 2 aromatic heterocycles. The fraction of sp³-hybridized carbons (Fsp3) is 0.370. The number of fused-ring (bicyclic) bond motifs is 3. The number of hydrogen-bond acceptors (Lipinski definition) is 5. The Morgan fingerprint density at radius 2 is 1.78 bits per heavy atom. The van der Waals surface area contributed by atoms with E-state index in [2.05, 4.69) is 20.2 Å². The molecule has 0 bridgehead atoms. The van der Waals surface area contributed by atoms with Crippen LogP contribution in [-0.2, 0) is 11.8 Å². The molecule has 8 nitrogen and oxygen atoms in total. The van der Waals surface area contributed by atoms with E-state index < -0.39 is 6.04 Å². The number of rotatable bonds is 7.